The van der Waals surface area contributed by atoms with Gasteiger partial charge in [0, 0.05) is 39.6 Å². The minimum atomic E-state index is -3.45. The van der Waals surface area contributed by atoms with E-state index in [0.717, 1.165) is 30.5 Å². The van der Waals surface area contributed by atoms with E-state index in [4.69, 9.17) is 0 Å². The van der Waals surface area contributed by atoms with Crippen LogP contribution in [0.25, 0.3) is 0 Å². The van der Waals surface area contributed by atoms with Gasteiger partial charge in [0.15, 0.2) is 0 Å². The van der Waals surface area contributed by atoms with E-state index in [9.17, 15) is 13.2 Å². The number of carbonyl (C=O) groups excluding carboxylic acids is 1. The van der Waals surface area contributed by atoms with Crippen molar-refractivity contribution in [3.8, 4) is 0 Å². The minimum absolute atomic E-state index is 0. The number of rotatable bonds is 2. The number of sulfonamides is 1. The first-order valence-electron chi connectivity index (χ1n) is 8.56. The van der Waals surface area contributed by atoms with E-state index in [1.54, 1.807) is 17.3 Å². The summed E-state index contributed by atoms with van der Waals surface area (Å²) in [5.41, 5.74) is 2.20. The van der Waals surface area contributed by atoms with Crippen molar-refractivity contribution in [3.63, 3.8) is 0 Å². The zero-order valence-electron chi connectivity index (χ0n) is 14.5. The smallest absolute Gasteiger partial charge is 0.243 e. The van der Waals surface area contributed by atoms with E-state index in [1.165, 1.54) is 0 Å². The highest BCUT2D eigenvalue weighted by atomic mass is 35.5. The van der Waals surface area contributed by atoms with E-state index < -0.39 is 10.0 Å². The van der Waals surface area contributed by atoms with Gasteiger partial charge in [-0.1, -0.05) is 6.07 Å². The number of nitrogens with zero attached hydrogens (tertiary/aromatic N) is 2. The molecule has 1 fully saturated rings. The van der Waals surface area contributed by atoms with Crippen molar-refractivity contribution in [2.24, 2.45) is 0 Å². The molecule has 1 saturated heterocycles. The molecule has 0 spiro atoms. The molecule has 3 rings (SSSR count). The average Bonchev–Trinajstić information content (AvgIpc) is 2.95. The number of hydrogen-bond acceptors (Lipinski definition) is 4. The first-order valence-corrected chi connectivity index (χ1v) is 10.0. The van der Waals surface area contributed by atoms with Gasteiger partial charge in [0.2, 0.25) is 15.9 Å². The number of nitrogens with one attached hydrogen (secondary N) is 1. The predicted molar refractivity (Wildman–Crippen MR) is 99.6 cm³/mol. The summed E-state index contributed by atoms with van der Waals surface area (Å²) in [5.74, 6) is 0.0766. The largest absolute Gasteiger partial charge is 0.342 e. The van der Waals surface area contributed by atoms with Gasteiger partial charge in [0.25, 0.3) is 0 Å². The molecule has 1 aromatic carbocycles. The van der Waals surface area contributed by atoms with Gasteiger partial charge in [-0.15, -0.1) is 12.4 Å². The molecule has 0 saturated carbocycles. The molecule has 1 aromatic rings. The number of fused-ring (bicyclic) bond motifs is 1. The van der Waals surface area contributed by atoms with Gasteiger partial charge in [0.1, 0.15) is 0 Å². The van der Waals surface area contributed by atoms with Crippen LogP contribution in [-0.4, -0.2) is 62.8 Å². The van der Waals surface area contributed by atoms with Crippen LogP contribution in [0.15, 0.2) is 23.1 Å². The average molecular weight is 388 g/mol. The van der Waals surface area contributed by atoms with Crippen LogP contribution in [0.2, 0.25) is 0 Å². The molecule has 0 aliphatic carbocycles. The van der Waals surface area contributed by atoms with Crippen molar-refractivity contribution in [2.75, 3.05) is 39.3 Å². The molecule has 2 aliphatic heterocycles. The first-order chi connectivity index (χ1) is 11.5. The summed E-state index contributed by atoms with van der Waals surface area (Å²) < 4.78 is 27.4. The molecular formula is C17H26ClN3O3S. The quantitative estimate of drug-likeness (QED) is 0.823. The van der Waals surface area contributed by atoms with Gasteiger partial charge in [-0.2, -0.15) is 4.31 Å². The summed E-state index contributed by atoms with van der Waals surface area (Å²) in [4.78, 5) is 13.8. The van der Waals surface area contributed by atoms with Crippen LogP contribution >= 0.6 is 12.4 Å². The van der Waals surface area contributed by atoms with E-state index in [2.05, 4.69) is 5.32 Å². The van der Waals surface area contributed by atoms with Crippen molar-refractivity contribution in [3.05, 3.63) is 29.3 Å². The Balaban J connectivity index is 0.00000225. The second-order valence-electron chi connectivity index (χ2n) is 6.44. The molecule has 0 atom stereocenters. The number of amides is 1. The first kappa shape index (κ1) is 20.2. The zero-order valence-corrected chi connectivity index (χ0v) is 16.2. The van der Waals surface area contributed by atoms with Crippen molar-refractivity contribution in [1.29, 1.82) is 0 Å². The van der Waals surface area contributed by atoms with Crippen LogP contribution < -0.4 is 5.32 Å². The minimum Gasteiger partial charge on any atom is -0.342 e. The van der Waals surface area contributed by atoms with E-state index in [1.807, 2.05) is 17.0 Å². The highest BCUT2D eigenvalue weighted by Crippen LogP contribution is 2.23. The maximum Gasteiger partial charge on any atom is 0.243 e. The number of hydrogen-bond donors (Lipinski definition) is 1. The molecule has 0 bridgehead atoms. The summed E-state index contributed by atoms with van der Waals surface area (Å²) in [6.45, 7) is 5.56. The molecule has 8 heteroatoms. The summed E-state index contributed by atoms with van der Waals surface area (Å²) in [5, 5.41) is 3.23. The molecule has 0 aromatic heterocycles. The van der Waals surface area contributed by atoms with Gasteiger partial charge in [-0.25, -0.2) is 8.42 Å². The number of halogens is 1. The molecule has 2 aliphatic rings. The van der Waals surface area contributed by atoms with E-state index >= 15 is 0 Å². The van der Waals surface area contributed by atoms with Gasteiger partial charge in [-0.3, -0.25) is 4.79 Å². The maximum atomic E-state index is 12.9. The molecule has 25 heavy (non-hydrogen) atoms. The summed E-state index contributed by atoms with van der Waals surface area (Å²) in [6.07, 6.45) is 2.32. The lowest BCUT2D eigenvalue weighted by Gasteiger charge is -2.20. The third kappa shape index (κ3) is 4.53. The molecule has 140 valence electrons. The van der Waals surface area contributed by atoms with Crippen LogP contribution in [0.4, 0.5) is 0 Å². The predicted octanol–water partition coefficient (Wildman–Crippen LogP) is 1.04. The second kappa shape index (κ2) is 8.49. The lowest BCUT2D eigenvalue weighted by molar-refractivity contribution is -0.128. The van der Waals surface area contributed by atoms with Crippen molar-refractivity contribution in [1.82, 2.24) is 14.5 Å². The van der Waals surface area contributed by atoms with Gasteiger partial charge in [-0.05, 0) is 49.1 Å². The van der Waals surface area contributed by atoms with Crippen LogP contribution in [-0.2, 0) is 27.7 Å². The lowest BCUT2D eigenvalue weighted by atomic mass is 10.0. The van der Waals surface area contributed by atoms with E-state index in [-0.39, 0.29) is 18.3 Å². The van der Waals surface area contributed by atoms with Gasteiger partial charge >= 0.3 is 0 Å². The Kier molecular flexibility index (Phi) is 6.85. The molecule has 1 N–H and O–H groups in total. The normalized spacial score (nSPS) is 19.3. The van der Waals surface area contributed by atoms with Gasteiger partial charge in [0.05, 0.1) is 4.90 Å². The van der Waals surface area contributed by atoms with Crippen LogP contribution in [0, 0.1) is 0 Å². The Bertz CT molecular complexity index is 716. The lowest BCUT2D eigenvalue weighted by Crippen LogP contribution is -2.34. The molecule has 6 nitrogen and oxygen atoms in total. The Morgan fingerprint density at radius 3 is 2.48 bits per heavy atom. The van der Waals surface area contributed by atoms with Crippen molar-refractivity contribution < 1.29 is 13.2 Å². The molecule has 0 radical (unpaired) electrons. The monoisotopic (exact) mass is 387 g/mol. The standard InChI is InChI=1S/C17H25N3O3S.ClH/c1-14(21)19-10-5-15-3-4-17(13-16(15)6-11-19)24(22,23)20-9-2-7-18-8-12-20;/h3-4,13,18H,2,5-12H2,1H3;1H. The van der Waals surface area contributed by atoms with Crippen LogP contribution in [0.3, 0.4) is 0 Å². The molecule has 2 heterocycles. The summed E-state index contributed by atoms with van der Waals surface area (Å²) in [6, 6.07) is 5.45. The number of carbonyl (C=O) groups is 1. The Labute approximate surface area is 156 Å². The molecule has 0 unspecified atom stereocenters. The highest BCUT2D eigenvalue weighted by molar-refractivity contribution is 7.89. The fourth-order valence-electron chi connectivity index (χ4n) is 3.39. The van der Waals surface area contributed by atoms with Crippen molar-refractivity contribution >= 4 is 28.3 Å². The highest BCUT2D eigenvalue weighted by Gasteiger charge is 2.26. The Hall–Kier alpha value is -1.15. The fourth-order valence-corrected chi connectivity index (χ4v) is 4.92. The third-order valence-electron chi connectivity index (χ3n) is 4.86. The van der Waals surface area contributed by atoms with E-state index in [0.29, 0.717) is 44.0 Å². The third-order valence-corrected chi connectivity index (χ3v) is 6.76. The van der Waals surface area contributed by atoms with Crippen LogP contribution in [0.1, 0.15) is 24.5 Å². The molecule has 1 amide bonds. The van der Waals surface area contributed by atoms with Crippen LogP contribution in [0.5, 0.6) is 0 Å². The van der Waals surface area contributed by atoms with Gasteiger partial charge < -0.3 is 10.2 Å². The zero-order chi connectivity index (χ0) is 17.2. The number of benzene rings is 1. The summed E-state index contributed by atoms with van der Waals surface area (Å²) in [7, 11) is -3.45. The topological polar surface area (TPSA) is 69.7 Å². The Morgan fingerprint density at radius 2 is 1.76 bits per heavy atom. The maximum absolute atomic E-state index is 12.9. The molecular weight excluding hydrogens is 362 g/mol. The van der Waals surface area contributed by atoms with Crippen molar-refractivity contribution in [2.45, 2.75) is 31.1 Å². The second-order valence-corrected chi connectivity index (χ2v) is 8.38. The summed E-state index contributed by atoms with van der Waals surface area (Å²) >= 11 is 0. The fraction of sp³-hybridized carbons (Fsp3) is 0.588. The SMILES string of the molecule is CC(=O)N1CCc2ccc(S(=O)(=O)N3CCCNCC3)cc2CC1.Cl. The Morgan fingerprint density at radius 1 is 1.04 bits per heavy atom.